The normalized spacial score (nSPS) is 27.7. The lowest BCUT2D eigenvalue weighted by Gasteiger charge is -2.44. The van der Waals surface area contributed by atoms with Gasteiger partial charge in [0.2, 0.25) is 0 Å². The fraction of sp³-hybridized carbons (Fsp3) is 0.692. The summed E-state index contributed by atoms with van der Waals surface area (Å²) in [7, 11) is 0. The molecular weight excluding hydrogens is 234 g/mol. The summed E-state index contributed by atoms with van der Waals surface area (Å²) in [5.74, 6) is 0. The summed E-state index contributed by atoms with van der Waals surface area (Å²) in [5, 5.41) is 5.59. The molecule has 0 bridgehead atoms. The zero-order valence-electron chi connectivity index (χ0n) is 10.2. The zero-order valence-corrected chi connectivity index (χ0v) is 11.0. The Kier molecular flexibility index (Phi) is 3.21. The number of ether oxygens (including phenoxy) is 2. The van der Waals surface area contributed by atoms with Crippen LogP contribution in [0.5, 0.6) is 0 Å². The number of thiophene rings is 1. The second kappa shape index (κ2) is 4.69. The molecule has 3 nitrogen and oxygen atoms in total. The second-order valence-electron chi connectivity index (χ2n) is 5.11. The highest BCUT2D eigenvalue weighted by Gasteiger charge is 2.44. The molecule has 0 amide bonds. The monoisotopic (exact) mass is 253 g/mol. The Balaban J connectivity index is 1.75. The van der Waals surface area contributed by atoms with E-state index >= 15 is 0 Å². The van der Waals surface area contributed by atoms with Crippen LogP contribution in [-0.4, -0.2) is 39.0 Å². The molecule has 1 atom stereocenters. The smallest absolute Gasteiger partial charge is 0.0710 e. The first-order valence-electron chi connectivity index (χ1n) is 6.25. The predicted octanol–water partition coefficient (Wildman–Crippen LogP) is 1.70. The van der Waals surface area contributed by atoms with Gasteiger partial charge in [-0.1, -0.05) is 0 Å². The molecule has 2 fully saturated rings. The van der Waals surface area contributed by atoms with Crippen molar-refractivity contribution in [2.75, 3.05) is 32.9 Å². The van der Waals surface area contributed by atoms with E-state index in [1.807, 2.05) is 11.3 Å². The van der Waals surface area contributed by atoms with Gasteiger partial charge >= 0.3 is 0 Å². The summed E-state index contributed by atoms with van der Waals surface area (Å²) in [6, 6.07) is 2.21. The molecule has 4 heteroatoms. The molecule has 2 saturated heterocycles. The maximum atomic E-state index is 5.83. The molecule has 0 radical (unpaired) electrons. The highest BCUT2D eigenvalue weighted by molar-refractivity contribution is 7.10. The first kappa shape index (κ1) is 11.7. The van der Waals surface area contributed by atoms with Gasteiger partial charge in [0.15, 0.2) is 0 Å². The van der Waals surface area contributed by atoms with Crippen LogP contribution in [0.4, 0.5) is 0 Å². The van der Waals surface area contributed by atoms with Crippen molar-refractivity contribution in [3.8, 4) is 0 Å². The topological polar surface area (TPSA) is 30.5 Å². The number of hydrogen-bond donors (Lipinski definition) is 1. The minimum absolute atomic E-state index is 0.224. The highest BCUT2D eigenvalue weighted by atomic mass is 32.1. The average Bonchev–Trinajstić information content (AvgIpc) is 2.72. The number of nitrogens with one attached hydrogen (secondary N) is 1. The van der Waals surface area contributed by atoms with Crippen LogP contribution >= 0.6 is 11.3 Å². The van der Waals surface area contributed by atoms with E-state index in [9.17, 15) is 0 Å². The molecular formula is C13H19NO2S. The van der Waals surface area contributed by atoms with Crippen molar-refractivity contribution >= 4 is 11.3 Å². The predicted molar refractivity (Wildman–Crippen MR) is 68.8 cm³/mol. The summed E-state index contributed by atoms with van der Waals surface area (Å²) in [4.78, 5) is 1.50. The molecule has 1 aromatic heterocycles. The van der Waals surface area contributed by atoms with Gasteiger partial charge in [0.25, 0.3) is 0 Å². The maximum absolute atomic E-state index is 5.83. The fourth-order valence-electron chi connectivity index (χ4n) is 2.79. The van der Waals surface area contributed by atoms with Gasteiger partial charge in [-0.15, -0.1) is 11.3 Å². The summed E-state index contributed by atoms with van der Waals surface area (Å²) in [5.41, 5.74) is 1.63. The van der Waals surface area contributed by atoms with E-state index in [4.69, 9.17) is 9.47 Å². The Bertz CT molecular complexity index is 381. The highest BCUT2D eigenvalue weighted by Crippen LogP contribution is 2.41. The molecule has 0 aromatic carbocycles. The lowest BCUT2D eigenvalue weighted by atomic mass is 9.77. The zero-order chi connectivity index (χ0) is 11.7. The van der Waals surface area contributed by atoms with Crippen LogP contribution in [0.15, 0.2) is 11.4 Å². The molecule has 2 aliphatic heterocycles. The molecule has 0 spiro atoms. The Morgan fingerprint density at radius 1 is 1.53 bits per heavy atom. The van der Waals surface area contributed by atoms with Crippen molar-refractivity contribution in [2.45, 2.75) is 24.9 Å². The number of rotatable bonds is 3. The van der Waals surface area contributed by atoms with Crippen LogP contribution in [0.3, 0.4) is 0 Å². The minimum Gasteiger partial charge on any atom is -0.379 e. The summed E-state index contributed by atoms with van der Waals surface area (Å²) in [6.45, 7) is 6.71. The van der Waals surface area contributed by atoms with Gasteiger partial charge in [0.05, 0.1) is 31.3 Å². The molecule has 0 saturated carbocycles. The van der Waals surface area contributed by atoms with Crippen molar-refractivity contribution in [1.29, 1.82) is 0 Å². The molecule has 17 heavy (non-hydrogen) atoms. The third-order valence-electron chi connectivity index (χ3n) is 3.72. The van der Waals surface area contributed by atoms with E-state index < -0.39 is 0 Å². The number of hydrogen-bond acceptors (Lipinski definition) is 4. The maximum Gasteiger partial charge on any atom is 0.0710 e. The summed E-state index contributed by atoms with van der Waals surface area (Å²) >= 11 is 1.86. The third kappa shape index (κ3) is 2.15. The van der Waals surface area contributed by atoms with Gasteiger partial charge in [-0.25, -0.2) is 0 Å². The molecule has 1 unspecified atom stereocenters. The van der Waals surface area contributed by atoms with Crippen molar-refractivity contribution in [3.05, 3.63) is 21.9 Å². The van der Waals surface area contributed by atoms with Gasteiger partial charge in [0, 0.05) is 18.0 Å². The quantitative estimate of drug-likeness (QED) is 0.889. The average molecular weight is 253 g/mol. The van der Waals surface area contributed by atoms with E-state index in [0.29, 0.717) is 6.10 Å². The largest absolute Gasteiger partial charge is 0.379 e. The van der Waals surface area contributed by atoms with Gasteiger partial charge in [0.1, 0.15) is 0 Å². The summed E-state index contributed by atoms with van der Waals surface area (Å²) < 4.78 is 11.3. The van der Waals surface area contributed by atoms with Crippen LogP contribution in [-0.2, 0) is 14.9 Å². The van der Waals surface area contributed by atoms with Crippen molar-refractivity contribution in [3.63, 3.8) is 0 Å². The fourth-order valence-corrected chi connectivity index (χ4v) is 3.91. The van der Waals surface area contributed by atoms with Gasteiger partial charge in [-0.05, 0) is 30.4 Å². The van der Waals surface area contributed by atoms with Crippen LogP contribution < -0.4 is 5.32 Å². The van der Waals surface area contributed by atoms with Gasteiger partial charge in [-0.2, -0.15) is 0 Å². The summed E-state index contributed by atoms with van der Waals surface area (Å²) in [6.07, 6.45) is 1.43. The molecule has 0 aliphatic carbocycles. The first-order chi connectivity index (χ1) is 8.30. The molecule has 3 heterocycles. The first-order valence-corrected chi connectivity index (χ1v) is 7.13. The molecule has 94 valence electrons. The van der Waals surface area contributed by atoms with Crippen molar-refractivity contribution in [1.82, 2.24) is 5.32 Å². The van der Waals surface area contributed by atoms with Crippen molar-refractivity contribution in [2.24, 2.45) is 0 Å². The van der Waals surface area contributed by atoms with E-state index in [1.54, 1.807) is 0 Å². The Labute approximate surface area is 106 Å². The second-order valence-corrected chi connectivity index (χ2v) is 6.02. The lowest BCUT2D eigenvalue weighted by molar-refractivity contribution is -0.0928. The van der Waals surface area contributed by atoms with Crippen LogP contribution in [0.2, 0.25) is 0 Å². The molecule has 2 aliphatic rings. The Morgan fingerprint density at radius 3 is 2.94 bits per heavy atom. The molecule has 1 aromatic rings. The third-order valence-corrected chi connectivity index (χ3v) is 4.99. The number of morpholine rings is 1. The van der Waals surface area contributed by atoms with E-state index in [1.165, 1.54) is 10.4 Å². The van der Waals surface area contributed by atoms with Crippen molar-refractivity contribution < 1.29 is 9.47 Å². The minimum atomic E-state index is 0.224. The Morgan fingerprint density at radius 2 is 2.41 bits per heavy atom. The van der Waals surface area contributed by atoms with Gasteiger partial charge < -0.3 is 14.8 Å². The SMILES string of the molecule is Cc1ccsc1C1(CC2CNCCO2)COC1. The molecule has 3 rings (SSSR count). The Hall–Kier alpha value is -0.420. The lowest BCUT2D eigenvalue weighted by Crippen LogP contribution is -2.52. The number of aryl methyl sites for hydroxylation is 1. The van der Waals surface area contributed by atoms with Crippen LogP contribution in [0.25, 0.3) is 0 Å². The van der Waals surface area contributed by atoms with Gasteiger partial charge in [-0.3, -0.25) is 0 Å². The van der Waals surface area contributed by atoms with Crippen LogP contribution in [0.1, 0.15) is 16.9 Å². The van der Waals surface area contributed by atoms with Crippen LogP contribution in [0, 0.1) is 6.92 Å². The standard InChI is InChI=1S/C13H19NO2S/c1-10-2-5-17-12(10)13(8-15-9-13)6-11-7-14-3-4-16-11/h2,5,11,14H,3-4,6-9H2,1H3. The van der Waals surface area contributed by atoms with E-state index in [-0.39, 0.29) is 5.41 Å². The molecule has 1 N–H and O–H groups in total. The van der Waals surface area contributed by atoms with E-state index in [0.717, 1.165) is 39.3 Å². The van der Waals surface area contributed by atoms with E-state index in [2.05, 4.69) is 23.7 Å².